The Morgan fingerprint density at radius 3 is 1.08 bits per heavy atom. The molecule has 96 heavy (non-hydrogen) atoms. The molecule has 6 aromatic rings. The van der Waals surface area contributed by atoms with Crippen LogP contribution in [0.15, 0.2) is 179 Å². The fraction of sp³-hybridized carbons (Fsp3) is 0.278. The van der Waals surface area contributed by atoms with E-state index < -0.39 is 72.2 Å². The van der Waals surface area contributed by atoms with Crippen LogP contribution in [0.5, 0.6) is 23.0 Å². The van der Waals surface area contributed by atoms with Crippen molar-refractivity contribution in [1.82, 2.24) is 0 Å². The zero-order valence-electron chi connectivity index (χ0n) is 52.7. The molecule has 0 aliphatic carbocycles. The minimum atomic E-state index is -0.774. The molecule has 0 radical (unpaired) electrons. The van der Waals surface area contributed by atoms with Gasteiger partial charge in [-0.05, 0) is 183 Å². The van der Waals surface area contributed by atoms with Gasteiger partial charge in [0, 0.05) is 12.2 Å². The summed E-state index contributed by atoms with van der Waals surface area (Å²) >= 11 is 0. The van der Waals surface area contributed by atoms with Gasteiger partial charge in [-0.3, -0.25) is 0 Å². The molecule has 2 unspecified atom stereocenters. The Morgan fingerprint density at radius 2 is 0.729 bits per heavy atom. The van der Waals surface area contributed by atoms with Crippen LogP contribution in [0.1, 0.15) is 136 Å². The van der Waals surface area contributed by atoms with Crippen molar-refractivity contribution in [2.24, 2.45) is 20.4 Å². The zero-order chi connectivity index (χ0) is 68.0. The van der Waals surface area contributed by atoms with E-state index in [1.54, 1.807) is 109 Å². The Kier molecular flexibility index (Phi) is 27.1. The number of unbranched alkanes of at least 4 members (excludes halogenated alkanes) is 6. The van der Waals surface area contributed by atoms with Gasteiger partial charge in [0.25, 0.3) is 0 Å². The van der Waals surface area contributed by atoms with Gasteiger partial charge in [-0.25, -0.2) is 38.4 Å². The standard InChI is InChI=1S/C72H70N4O20/c1-5-63(77)89-37-13-9-7-11-35-87-55-29-25-53(26-30-55)67(79)93-59-33-19-49(39-57(59)71(83)85-3)43-75-73-41-47-15-21-51(22-16-47)69(81)95-61-45-91-66-62(46-92-65(61)66)96-70(82)52-23-17-48(18-24-52)42-74-76-44-50-20-34-60(58(40-50)72(84)86-4)94-68(80)54-27-31-56(32-28-54)88-36-12-8-10-14-38-90-64(78)6-2/h5-6,15-34,39-44,61-62,65-66H,1-2,7-14,35-38,45-46H2,3-4H3/b73-41+,74-42+,75-43+,76-44+/t61-,62+,65?,66?. The first-order valence-corrected chi connectivity index (χ1v) is 30.6. The molecule has 2 fully saturated rings. The average molecular weight is 1310 g/mol. The highest BCUT2D eigenvalue weighted by Gasteiger charge is 2.51. The fourth-order valence-corrected chi connectivity index (χ4v) is 9.48. The average Bonchev–Trinajstić information content (AvgIpc) is 1.63. The van der Waals surface area contributed by atoms with Gasteiger partial charge in [0.15, 0.2) is 12.2 Å². The number of methoxy groups -OCH3 is 2. The van der Waals surface area contributed by atoms with Gasteiger partial charge in [-0.2, -0.15) is 20.4 Å². The summed E-state index contributed by atoms with van der Waals surface area (Å²) in [6, 6.07) is 34.6. The van der Waals surface area contributed by atoms with E-state index in [1.807, 2.05) is 0 Å². The van der Waals surface area contributed by atoms with Crippen molar-refractivity contribution in [3.8, 4) is 23.0 Å². The number of fused-ring (bicyclic) bond motifs is 1. The summed E-state index contributed by atoms with van der Waals surface area (Å²) in [5, 5.41) is 16.3. The second-order valence-electron chi connectivity index (χ2n) is 21.3. The minimum absolute atomic E-state index is 0.0154. The summed E-state index contributed by atoms with van der Waals surface area (Å²) in [6.45, 7) is 8.40. The lowest BCUT2D eigenvalue weighted by atomic mass is 10.1. The number of esters is 8. The number of benzene rings is 6. The highest BCUT2D eigenvalue weighted by Crippen LogP contribution is 2.32. The second kappa shape index (κ2) is 36.9. The third-order valence-electron chi connectivity index (χ3n) is 14.6. The molecule has 0 N–H and O–H groups in total. The fourth-order valence-electron chi connectivity index (χ4n) is 9.48. The molecule has 2 saturated heterocycles. The smallest absolute Gasteiger partial charge is 0.343 e. The van der Waals surface area contributed by atoms with E-state index in [-0.39, 0.29) is 58.1 Å². The Balaban J connectivity index is 0.737. The van der Waals surface area contributed by atoms with Gasteiger partial charge >= 0.3 is 47.8 Å². The van der Waals surface area contributed by atoms with Crippen molar-refractivity contribution in [1.29, 1.82) is 0 Å². The van der Waals surface area contributed by atoms with E-state index in [1.165, 1.54) is 63.3 Å². The minimum Gasteiger partial charge on any atom is -0.494 e. The molecular weight excluding hydrogens is 1240 g/mol. The van der Waals surface area contributed by atoms with Gasteiger partial charge < -0.3 is 56.8 Å². The lowest BCUT2D eigenvalue weighted by Gasteiger charge is -2.17. The summed E-state index contributed by atoms with van der Waals surface area (Å²) in [4.78, 5) is 100. The Morgan fingerprint density at radius 1 is 0.406 bits per heavy atom. The first kappa shape index (κ1) is 70.6. The largest absolute Gasteiger partial charge is 0.494 e. The summed E-state index contributed by atoms with van der Waals surface area (Å²) in [5.74, 6) is -3.91. The molecular formula is C72H70N4O20. The summed E-state index contributed by atoms with van der Waals surface area (Å²) in [5.41, 5.74) is 3.06. The number of ether oxygens (including phenoxy) is 12. The normalized spacial score (nSPS) is 15.6. The van der Waals surface area contributed by atoms with Crippen LogP contribution in [0.3, 0.4) is 0 Å². The molecule has 2 aliphatic rings. The summed E-state index contributed by atoms with van der Waals surface area (Å²) < 4.78 is 66.0. The van der Waals surface area contributed by atoms with Crippen LogP contribution >= 0.6 is 0 Å². The molecule has 6 aromatic carbocycles. The molecule has 0 aromatic heterocycles. The number of hydrogen-bond donors (Lipinski definition) is 0. The summed E-state index contributed by atoms with van der Waals surface area (Å²) in [6.07, 6.45) is 11.7. The van der Waals surface area contributed by atoms with Gasteiger partial charge in [-0.15, -0.1) is 0 Å². The van der Waals surface area contributed by atoms with Crippen LogP contribution in [0.2, 0.25) is 0 Å². The number of nitrogens with zero attached hydrogens (tertiary/aromatic N) is 4. The highest BCUT2D eigenvalue weighted by molar-refractivity contribution is 6.00. The van der Waals surface area contributed by atoms with Crippen molar-refractivity contribution in [2.45, 2.75) is 75.8 Å². The van der Waals surface area contributed by atoms with Crippen LogP contribution < -0.4 is 18.9 Å². The van der Waals surface area contributed by atoms with Crippen molar-refractivity contribution in [3.63, 3.8) is 0 Å². The van der Waals surface area contributed by atoms with Crippen LogP contribution in [-0.4, -0.2) is 151 Å². The SMILES string of the molecule is C=CC(=O)OCCCCCCOc1ccc(C(=O)Oc2ccc(/C=N/N=C/c3ccc(C(=O)O[C@H]4COC5C4OC[C@H]5OC(=O)c4ccc(/C=N/N=C/c5ccc(OC(=O)c6ccc(OCCCCCCOC(=O)C=C)cc6)c(C(=O)OC)c5)cc4)cc3)cc2C(=O)OC)cc1. The molecule has 2 aliphatic heterocycles. The maximum atomic E-state index is 13.3. The number of carbonyl (C=O) groups is 8. The van der Waals surface area contributed by atoms with Gasteiger partial charge in [0.2, 0.25) is 0 Å². The first-order valence-electron chi connectivity index (χ1n) is 30.6. The second-order valence-corrected chi connectivity index (χ2v) is 21.3. The Labute approximate surface area is 553 Å². The van der Waals surface area contributed by atoms with E-state index in [0.717, 1.165) is 63.5 Å². The van der Waals surface area contributed by atoms with Crippen molar-refractivity contribution >= 4 is 72.6 Å². The molecule has 4 atom stereocenters. The summed E-state index contributed by atoms with van der Waals surface area (Å²) in [7, 11) is 2.41. The van der Waals surface area contributed by atoms with Crippen molar-refractivity contribution in [2.75, 3.05) is 53.9 Å². The highest BCUT2D eigenvalue weighted by atomic mass is 16.7. The topological polar surface area (TPSA) is 297 Å². The Bertz CT molecular complexity index is 3580. The quantitative estimate of drug-likeness (QED) is 0.00689. The monoisotopic (exact) mass is 1310 g/mol. The predicted octanol–water partition coefficient (Wildman–Crippen LogP) is 10.5. The molecule has 24 nitrogen and oxygen atoms in total. The predicted molar refractivity (Wildman–Crippen MR) is 350 cm³/mol. The van der Waals surface area contributed by atoms with Crippen LogP contribution in [0.25, 0.3) is 0 Å². The van der Waals surface area contributed by atoms with Gasteiger partial charge in [-0.1, -0.05) is 37.4 Å². The maximum absolute atomic E-state index is 13.3. The molecule has 8 rings (SSSR count). The lowest BCUT2D eigenvalue weighted by molar-refractivity contribution is -0.138. The van der Waals surface area contributed by atoms with E-state index in [2.05, 4.69) is 33.6 Å². The first-order chi connectivity index (χ1) is 46.7. The molecule has 0 spiro atoms. The maximum Gasteiger partial charge on any atom is 0.343 e. The van der Waals surface area contributed by atoms with E-state index in [4.69, 9.17) is 56.8 Å². The van der Waals surface area contributed by atoms with E-state index in [0.29, 0.717) is 60.2 Å². The molecule has 0 amide bonds. The van der Waals surface area contributed by atoms with Crippen molar-refractivity contribution < 1.29 is 95.2 Å². The molecule has 24 heteroatoms. The third-order valence-corrected chi connectivity index (χ3v) is 14.6. The number of carbonyl (C=O) groups excluding carboxylic acids is 8. The van der Waals surface area contributed by atoms with E-state index in [9.17, 15) is 38.4 Å². The molecule has 2 heterocycles. The van der Waals surface area contributed by atoms with Crippen molar-refractivity contribution in [3.05, 3.63) is 214 Å². The number of rotatable bonds is 34. The van der Waals surface area contributed by atoms with Crippen LogP contribution in [0.4, 0.5) is 0 Å². The molecule has 0 bridgehead atoms. The lowest BCUT2D eigenvalue weighted by Crippen LogP contribution is -2.36. The van der Waals surface area contributed by atoms with Crippen LogP contribution in [-0.2, 0) is 47.5 Å². The van der Waals surface area contributed by atoms with Gasteiger partial charge in [0.1, 0.15) is 46.3 Å². The third kappa shape index (κ3) is 21.4. The van der Waals surface area contributed by atoms with Gasteiger partial charge in [0.05, 0.1) is 101 Å². The van der Waals surface area contributed by atoms with Crippen LogP contribution in [0, 0.1) is 0 Å². The number of hydrogen-bond acceptors (Lipinski definition) is 24. The molecule has 498 valence electrons. The Hall–Kier alpha value is -11.2. The van der Waals surface area contributed by atoms with E-state index >= 15 is 0 Å². The molecule has 0 saturated carbocycles. The zero-order valence-corrected chi connectivity index (χ0v) is 52.7.